The minimum atomic E-state index is -0.155. The summed E-state index contributed by atoms with van der Waals surface area (Å²) in [5, 5.41) is 0. The highest BCUT2D eigenvalue weighted by atomic mass is 79.9. The number of hydrogen-bond acceptors (Lipinski definition) is 3. The maximum absolute atomic E-state index is 12.3. The Morgan fingerprint density at radius 2 is 2.10 bits per heavy atom. The molecule has 1 aromatic heterocycles. The van der Waals surface area contributed by atoms with Crippen molar-refractivity contribution in [3.05, 3.63) is 33.2 Å². The van der Waals surface area contributed by atoms with Crippen molar-refractivity contribution in [3.63, 3.8) is 0 Å². The maximum atomic E-state index is 12.3. The fourth-order valence-electron chi connectivity index (χ4n) is 2.70. The highest BCUT2D eigenvalue weighted by Gasteiger charge is 2.33. The average Bonchev–Trinajstić information content (AvgIpc) is 2.76. The van der Waals surface area contributed by atoms with Crippen LogP contribution in [-0.2, 0) is 11.3 Å². The molecule has 2 rings (SSSR count). The summed E-state index contributed by atoms with van der Waals surface area (Å²) in [6.07, 6.45) is 1.66. The summed E-state index contributed by atoms with van der Waals surface area (Å²) < 4.78 is 2.24. The molecule has 1 aliphatic heterocycles. The largest absolute Gasteiger partial charge is 0.339 e. The lowest BCUT2D eigenvalue weighted by Gasteiger charge is -2.22. The number of halogens is 1. The molecule has 0 spiro atoms. The van der Waals surface area contributed by atoms with Gasteiger partial charge in [-0.1, -0.05) is 6.92 Å². The number of carbonyl (C=O) groups is 1. The third-order valence-corrected chi connectivity index (χ3v) is 4.31. The van der Waals surface area contributed by atoms with E-state index in [1.165, 1.54) is 10.6 Å². The number of hydrogen-bond donors (Lipinski definition) is 0. The fourth-order valence-corrected chi connectivity index (χ4v) is 3.08. The monoisotopic (exact) mass is 341 g/mol. The molecule has 1 aromatic rings. The summed E-state index contributed by atoms with van der Waals surface area (Å²) in [6.45, 7) is 3.74. The molecule has 20 heavy (non-hydrogen) atoms. The van der Waals surface area contributed by atoms with E-state index in [0.29, 0.717) is 12.0 Å². The molecular formula is C14H20BrN3O2. The highest BCUT2D eigenvalue weighted by molar-refractivity contribution is 9.10. The van der Waals surface area contributed by atoms with Crippen LogP contribution in [0.4, 0.5) is 0 Å². The van der Waals surface area contributed by atoms with Crippen molar-refractivity contribution >= 4 is 21.8 Å². The lowest BCUT2D eigenvalue weighted by Crippen LogP contribution is -2.38. The first-order chi connectivity index (χ1) is 9.38. The molecule has 2 heterocycles. The van der Waals surface area contributed by atoms with Gasteiger partial charge in [0, 0.05) is 35.9 Å². The summed E-state index contributed by atoms with van der Waals surface area (Å²) in [5.41, 5.74) is -0.155. The van der Waals surface area contributed by atoms with E-state index in [-0.39, 0.29) is 18.0 Å². The van der Waals surface area contributed by atoms with Gasteiger partial charge in [-0.25, -0.2) is 0 Å². The van der Waals surface area contributed by atoms with Crippen molar-refractivity contribution in [1.29, 1.82) is 0 Å². The summed E-state index contributed by atoms with van der Waals surface area (Å²) in [6, 6.07) is 3.54. The van der Waals surface area contributed by atoms with Gasteiger partial charge in [-0.05, 0) is 42.0 Å². The minimum absolute atomic E-state index is 0.00130. The first-order valence-corrected chi connectivity index (χ1v) is 7.48. The van der Waals surface area contributed by atoms with Crippen molar-refractivity contribution in [1.82, 2.24) is 14.4 Å². The van der Waals surface area contributed by atoms with Gasteiger partial charge >= 0.3 is 0 Å². The fraction of sp³-hybridized carbons (Fsp3) is 0.571. The number of likely N-dealkylation sites (tertiary alicyclic amines) is 1. The van der Waals surface area contributed by atoms with E-state index in [1.807, 2.05) is 19.0 Å². The van der Waals surface area contributed by atoms with E-state index in [2.05, 4.69) is 27.8 Å². The standard InChI is InChI=1S/C14H20BrN3O2/c1-10-6-17(8-12(10)16(2)3)14(20)9-18-7-11(15)4-5-13(18)19/h4-5,7,10,12H,6,8-9H2,1-3H3/t10-,12-/m1/s1. The van der Waals surface area contributed by atoms with Gasteiger partial charge in [-0.15, -0.1) is 0 Å². The summed E-state index contributed by atoms with van der Waals surface area (Å²) in [5.74, 6) is 0.453. The van der Waals surface area contributed by atoms with Crippen molar-refractivity contribution in [2.24, 2.45) is 5.92 Å². The van der Waals surface area contributed by atoms with E-state index in [1.54, 1.807) is 12.3 Å². The number of rotatable bonds is 3. The second-order valence-corrected chi connectivity index (χ2v) is 6.54. The van der Waals surface area contributed by atoms with Crippen LogP contribution in [0.5, 0.6) is 0 Å². The Balaban J connectivity index is 2.06. The van der Waals surface area contributed by atoms with Crippen LogP contribution in [0, 0.1) is 5.92 Å². The smallest absolute Gasteiger partial charge is 0.251 e. The lowest BCUT2D eigenvalue weighted by molar-refractivity contribution is -0.131. The van der Waals surface area contributed by atoms with E-state index in [0.717, 1.165) is 17.6 Å². The molecule has 0 N–H and O–H groups in total. The molecule has 0 aromatic carbocycles. The van der Waals surface area contributed by atoms with Gasteiger partial charge in [0.15, 0.2) is 0 Å². The Morgan fingerprint density at radius 3 is 2.70 bits per heavy atom. The van der Waals surface area contributed by atoms with Crippen molar-refractivity contribution in [2.75, 3.05) is 27.2 Å². The molecule has 1 aliphatic rings. The SMILES string of the molecule is C[C@@H]1CN(C(=O)Cn2cc(Br)ccc2=O)C[C@H]1N(C)C. The normalized spacial score (nSPS) is 22.6. The maximum Gasteiger partial charge on any atom is 0.251 e. The number of pyridine rings is 1. The zero-order chi connectivity index (χ0) is 14.9. The van der Waals surface area contributed by atoms with Crippen LogP contribution in [0.1, 0.15) is 6.92 Å². The van der Waals surface area contributed by atoms with Crippen LogP contribution >= 0.6 is 15.9 Å². The molecule has 2 atom stereocenters. The zero-order valence-corrected chi connectivity index (χ0v) is 13.6. The van der Waals surface area contributed by atoms with E-state index < -0.39 is 0 Å². The van der Waals surface area contributed by atoms with Crippen LogP contribution in [0.3, 0.4) is 0 Å². The minimum Gasteiger partial charge on any atom is -0.339 e. The van der Waals surface area contributed by atoms with Crippen molar-refractivity contribution < 1.29 is 4.79 Å². The Hall–Kier alpha value is -1.14. The second kappa shape index (κ2) is 6.10. The molecule has 1 amide bonds. The van der Waals surface area contributed by atoms with E-state index in [4.69, 9.17) is 0 Å². The van der Waals surface area contributed by atoms with Crippen LogP contribution in [-0.4, -0.2) is 53.5 Å². The van der Waals surface area contributed by atoms with Gasteiger partial charge in [-0.2, -0.15) is 0 Å². The highest BCUT2D eigenvalue weighted by Crippen LogP contribution is 2.20. The van der Waals surface area contributed by atoms with Gasteiger partial charge in [0.2, 0.25) is 5.91 Å². The molecule has 110 valence electrons. The van der Waals surface area contributed by atoms with Crippen LogP contribution in [0.15, 0.2) is 27.6 Å². The predicted octanol–water partition coefficient (Wildman–Crippen LogP) is 1.02. The first kappa shape index (κ1) is 15.3. The van der Waals surface area contributed by atoms with Gasteiger partial charge in [0.1, 0.15) is 6.54 Å². The number of likely N-dealkylation sites (N-methyl/N-ethyl adjacent to an activating group) is 1. The number of carbonyl (C=O) groups excluding carboxylic acids is 1. The Labute approximate surface area is 127 Å². The quantitative estimate of drug-likeness (QED) is 0.824. The molecule has 1 saturated heterocycles. The molecule has 5 nitrogen and oxygen atoms in total. The van der Waals surface area contributed by atoms with Gasteiger partial charge in [0.25, 0.3) is 5.56 Å². The van der Waals surface area contributed by atoms with E-state index >= 15 is 0 Å². The Morgan fingerprint density at radius 1 is 1.40 bits per heavy atom. The predicted molar refractivity (Wildman–Crippen MR) is 81.6 cm³/mol. The summed E-state index contributed by atoms with van der Waals surface area (Å²) >= 11 is 3.32. The Bertz CT molecular complexity index is 556. The van der Waals surface area contributed by atoms with Gasteiger partial charge < -0.3 is 14.4 Å². The van der Waals surface area contributed by atoms with Crippen LogP contribution < -0.4 is 5.56 Å². The molecule has 0 unspecified atom stereocenters. The molecule has 6 heteroatoms. The van der Waals surface area contributed by atoms with Gasteiger partial charge in [0.05, 0.1) is 0 Å². The molecule has 1 fully saturated rings. The number of amides is 1. The Kier molecular flexibility index (Phi) is 4.65. The van der Waals surface area contributed by atoms with Crippen molar-refractivity contribution in [3.8, 4) is 0 Å². The third-order valence-electron chi connectivity index (χ3n) is 3.84. The molecule has 0 radical (unpaired) electrons. The number of aromatic nitrogens is 1. The van der Waals surface area contributed by atoms with Gasteiger partial charge in [-0.3, -0.25) is 9.59 Å². The molecular weight excluding hydrogens is 322 g/mol. The summed E-state index contributed by atoms with van der Waals surface area (Å²) in [7, 11) is 4.07. The second-order valence-electron chi connectivity index (χ2n) is 5.62. The molecule has 0 saturated carbocycles. The molecule has 0 bridgehead atoms. The van der Waals surface area contributed by atoms with Crippen molar-refractivity contribution in [2.45, 2.75) is 19.5 Å². The van der Waals surface area contributed by atoms with Crippen LogP contribution in [0.25, 0.3) is 0 Å². The number of nitrogens with zero attached hydrogens (tertiary/aromatic N) is 3. The lowest BCUT2D eigenvalue weighted by atomic mass is 10.1. The summed E-state index contributed by atoms with van der Waals surface area (Å²) in [4.78, 5) is 28.1. The zero-order valence-electron chi connectivity index (χ0n) is 12.0. The first-order valence-electron chi connectivity index (χ1n) is 6.68. The topological polar surface area (TPSA) is 45.6 Å². The average molecular weight is 342 g/mol. The molecule has 0 aliphatic carbocycles. The third kappa shape index (κ3) is 3.30. The van der Waals surface area contributed by atoms with Crippen LogP contribution in [0.2, 0.25) is 0 Å². The van der Waals surface area contributed by atoms with E-state index in [9.17, 15) is 9.59 Å².